The van der Waals surface area contributed by atoms with Crippen LogP contribution in [0.1, 0.15) is 66.8 Å². The van der Waals surface area contributed by atoms with Crippen LogP contribution in [0, 0.1) is 34.6 Å². The zero-order valence-corrected chi connectivity index (χ0v) is 37.4. The molecule has 9 aromatic rings. The number of hydrogen-bond donors (Lipinski definition) is 0. The van der Waals surface area contributed by atoms with Gasteiger partial charge in [0, 0.05) is 16.8 Å². The van der Waals surface area contributed by atoms with Crippen LogP contribution in [0.4, 0.5) is 17.1 Å². The van der Waals surface area contributed by atoms with Gasteiger partial charge in [-0.1, -0.05) is 222 Å². The molecule has 0 atom stereocenters. The fourth-order valence-electron chi connectivity index (χ4n) is 8.79. The van der Waals surface area contributed by atoms with Crippen LogP contribution >= 0.6 is 0 Å². The maximum Gasteiger partial charge on any atom is 0.0540 e. The standard InChI is InChI=1S/C63H53N/c1-44-23-30-51(31-24-44)60(52-32-25-45(2)26-33-52)43-49-28-36-56(37-29-49)64(61-39-27-47(4)41-48(61)5)62-40-35-50(57-21-12-13-22-59(57)62)34-38-58(55-20-14-15-46(3)42-55)63(53-16-8-6-9-17-53)54-18-10-7-11-19-54/h6-43H,1-5H3/b38-34+. The maximum absolute atomic E-state index is 2.43. The van der Waals surface area contributed by atoms with E-state index in [0.29, 0.717) is 0 Å². The minimum atomic E-state index is 1.10. The summed E-state index contributed by atoms with van der Waals surface area (Å²) in [7, 11) is 0. The van der Waals surface area contributed by atoms with Gasteiger partial charge in [0.25, 0.3) is 0 Å². The second-order valence-electron chi connectivity index (χ2n) is 16.9. The summed E-state index contributed by atoms with van der Waals surface area (Å²) in [6.07, 6.45) is 6.94. The van der Waals surface area contributed by atoms with E-state index in [1.54, 1.807) is 0 Å². The molecule has 0 aromatic heterocycles. The number of aryl methyl sites for hydroxylation is 5. The van der Waals surface area contributed by atoms with Crippen molar-refractivity contribution in [3.8, 4) is 0 Å². The Kier molecular flexibility index (Phi) is 12.2. The summed E-state index contributed by atoms with van der Waals surface area (Å²) in [6, 6.07) is 77.3. The molecule has 64 heavy (non-hydrogen) atoms. The van der Waals surface area contributed by atoms with Crippen LogP contribution < -0.4 is 4.90 Å². The van der Waals surface area contributed by atoms with Crippen molar-refractivity contribution in [3.63, 3.8) is 0 Å². The lowest BCUT2D eigenvalue weighted by molar-refractivity contribution is 1.25. The number of anilines is 3. The first-order chi connectivity index (χ1) is 31.3. The highest BCUT2D eigenvalue weighted by Crippen LogP contribution is 2.42. The molecule has 0 fully saturated rings. The van der Waals surface area contributed by atoms with Crippen molar-refractivity contribution in [1.29, 1.82) is 0 Å². The maximum atomic E-state index is 2.43. The van der Waals surface area contributed by atoms with Crippen molar-refractivity contribution in [1.82, 2.24) is 0 Å². The molecule has 9 aromatic carbocycles. The number of hydrogen-bond acceptors (Lipinski definition) is 1. The molecule has 0 saturated heterocycles. The largest absolute Gasteiger partial charge is 0.310 e. The van der Waals surface area contributed by atoms with Gasteiger partial charge in [-0.05, 0) is 132 Å². The predicted octanol–water partition coefficient (Wildman–Crippen LogP) is 17.1. The average Bonchev–Trinajstić information content (AvgIpc) is 3.32. The number of allylic oxidation sites excluding steroid dienone is 2. The second-order valence-corrected chi connectivity index (χ2v) is 16.9. The third-order valence-corrected chi connectivity index (χ3v) is 12.1. The molecule has 9 rings (SSSR count). The quantitative estimate of drug-likeness (QED) is 0.0928. The average molecular weight is 824 g/mol. The van der Waals surface area contributed by atoms with Crippen LogP contribution in [0.2, 0.25) is 0 Å². The number of rotatable bonds is 11. The topological polar surface area (TPSA) is 3.24 Å². The van der Waals surface area contributed by atoms with Crippen molar-refractivity contribution in [2.24, 2.45) is 0 Å². The first-order valence-electron chi connectivity index (χ1n) is 22.2. The van der Waals surface area contributed by atoms with Crippen LogP contribution in [-0.2, 0) is 0 Å². The van der Waals surface area contributed by atoms with Gasteiger partial charge in [0.1, 0.15) is 0 Å². The first-order valence-corrected chi connectivity index (χ1v) is 22.2. The molecule has 310 valence electrons. The van der Waals surface area contributed by atoms with E-state index in [1.165, 1.54) is 83.1 Å². The van der Waals surface area contributed by atoms with E-state index >= 15 is 0 Å². The molecular formula is C63H53N. The second kappa shape index (κ2) is 18.7. The summed E-state index contributed by atoms with van der Waals surface area (Å²) in [4.78, 5) is 2.43. The third-order valence-electron chi connectivity index (χ3n) is 12.1. The van der Waals surface area contributed by atoms with Crippen LogP contribution in [0.25, 0.3) is 39.6 Å². The van der Waals surface area contributed by atoms with Gasteiger partial charge < -0.3 is 4.90 Å². The summed E-state index contributed by atoms with van der Waals surface area (Å²) < 4.78 is 0. The van der Waals surface area contributed by atoms with Crippen molar-refractivity contribution in [2.75, 3.05) is 4.90 Å². The van der Waals surface area contributed by atoms with Gasteiger partial charge in [-0.15, -0.1) is 0 Å². The fourth-order valence-corrected chi connectivity index (χ4v) is 8.79. The summed E-state index contributed by atoms with van der Waals surface area (Å²) >= 11 is 0. The van der Waals surface area contributed by atoms with Crippen molar-refractivity contribution in [3.05, 3.63) is 285 Å². The van der Waals surface area contributed by atoms with E-state index < -0.39 is 0 Å². The Balaban J connectivity index is 1.17. The lowest BCUT2D eigenvalue weighted by Crippen LogP contribution is -2.12. The molecule has 0 saturated carbocycles. The van der Waals surface area contributed by atoms with Gasteiger partial charge in [0.2, 0.25) is 0 Å². The fraction of sp³-hybridized carbons (Fsp3) is 0.0794. The van der Waals surface area contributed by atoms with Gasteiger partial charge in [0.05, 0.1) is 5.69 Å². The Bertz CT molecular complexity index is 3060. The lowest BCUT2D eigenvalue weighted by Gasteiger charge is -2.29. The highest BCUT2D eigenvalue weighted by Gasteiger charge is 2.19. The zero-order chi connectivity index (χ0) is 44.0. The third kappa shape index (κ3) is 9.07. The molecule has 1 nitrogen and oxygen atoms in total. The zero-order valence-electron chi connectivity index (χ0n) is 37.4. The van der Waals surface area contributed by atoms with E-state index in [9.17, 15) is 0 Å². The van der Waals surface area contributed by atoms with E-state index in [2.05, 4.69) is 270 Å². The van der Waals surface area contributed by atoms with Crippen molar-refractivity contribution < 1.29 is 0 Å². The van der Waals surface area contributed by atoms with Crippen LogP contribution in [0.3, 0.4) is 0 Å². The van der Waals surface area contributed by atoms with Gasteiger partial charge in [-0.25, -0.2) is 0 Å². The molecule has 0 unspecified atom stereocenters. The van der Waals surface area contributed by atoms with Crippen molar-refractivity contribution in [2.45, 2.75) is 34.6 Å². The van der Waals surface area contributed by atoms with Crippen molar-refractivity contribution >= 4 is 56.7 Å². The summed E-state index contributed by atoms with van der Waals surface area (Å²) in [5.41, 5.74) is 21.4. The van der Waals surface area contributed by atoms with Crippen LogP contribution in [0.5, 0.6) is 0 Å². The van der Waals surface area contributed by atoms with Crippen LogP contribution in [0.15, 0.2) is 218 Å². The number of fused-ring (bicyclic) bond motifs is 1. The molecule has 0 amide bonds. The van der Waals surface area contributed by atoms with E-state index in [1.807, 2.05) is 0 Å². The van der Waals surface area contributed by atoms with E-state index in [-0.39, 0.29) is 0 Å². The smallest absolute Gasteiger partial charge is 0.0540 e. The molecule has 0 radical (unpaired) electrons. The van der Waals surface area contributed by atoms with Crippen LogP contribution in [-0.4, -0.2) is 0 Å². The minimum absolute atomic E-state index is 1.10. The summed E-state index contributed by atoms with van der Waals surface area (Å²) in [5.74, 6) is 0. The van der Waals surface area contributed by atoms with Gasteiger partial charge in [-0.3, -0.25) is 0 Å². The SMILES string of the molecule is Cc1ccc(C(=Cc2ccc(N(c3ccc(C)cc3C)c3ccc(/C=C/C(=C(c4ccccc4)c4ccccc4)c4cccc(C)c4)c4ccccc34)cc2)c2ccc(C)cc2)cc1. The molecular weight excluding hydrogens is 771 g/mol. The normalized spacial score (nSPS) is 11.1. The van der Waals surface area contributed by atoms with Gasteiger partial charge in [-0.2, -0.15) is 0 Å². The molecule has 0 N–H and O–H groups in total. The highest BCUT2D eigenvalue weighted by molar-refractivity contribution is 6.07. The monoisotopic (exact) mass is 823 g/mol. The predicted molar refractivity (Wildman–Crippen MR) is 276 cm³/mol. The first kappa shape index (κ1) is 41.6. The van der Waals surface area contributed by atoms with E-state index in [4.69, 9.17) is 0 Å². The number of nitrogens with zero attached hydrogens (tertiary/aromatic N) is 1. The van der Waals surface area contributed by atoms with E-state index in [0.717, 1.165) is 28.2 Å². The lowest BCUT2D eigenvalue weighted by atomic mass is 9.88. The molecule has 0 aliphatic carbocycles. The number of benzene rings is 9. The Morgan fingerprint density at radius 3 is 1.52 bits per heavy atom. The Labute approximate surface area is 379 Å². The Morgan fingerprint density at radius 1 is 0.391 bits per heavy atom. The summed E-state index contributed by atoms with van der Waals surface area (Å²) in [5, 5.41) is 2.37. The molecule has 0 heterocycles. The molecule has 0 spiro atoms. The molecule has 0 aliphatic heterocycles. The summed E-state index contributed by atoms with van der Waals surface area (Å²) in [6.45, 7) is 10.8. The van der Waals surface area contributed by atoms with Gasteiger partial charge in [0.15, 0.2) is 0 Å². The van der Waals surface area contributed by atoms with Gasteiger partial charge >= 0.3 is 0 Å². The molecule has 0 aliphatic rings. The Morgan fingerprint density at radius 2 is 0.922 bits per heavy atom. The Hall–Kier alpha value is -7.74. The minimum Gasteiger partial charge on any atom is -0.310 e. The highest BCUT2D eigenvalue weighted by atomic mass is 15.1. The molecule has 0 bridgehead atoms. The molecule has 1 heteroatoms.